The molecule has 0 heteroatoms. The van der Waals surface area contributed by atoms with Gasteiger partial charge in [-0.2, -0.15) is 0 Å². The van der Waals surface area contributed by atoms with Gasteiger partial charge < -0.3 is 0 Å². The van der Waals surface area contributed by atoms with Gasteiger partial charge in [-0.3, -0.25) is 0 Å². The summed E-state index contributed by atoms with van der Waals surface area (Å²) in [4.78, 5) is 0. The minimum Gasteiger partial charge on any atom is -0.0705 e. The molecule has 1 aromatic rings. The first-order chi connectivity index (χ1) is 10.2. The summed E-state index contributed by atoms with van der Waals surface area (Å²) >= 11 is 0. The van der Waals surface area contributed by atoms with Gasteiger partial charge in [-0.25, -0.2) is 0 Å². The minimum atomic E-state index is 1.17. The minimum absolute atomic E-state index is 1.17. The van der Waals surface area contributed by atoms with Gasteiger partial charge >= 0.3 is 0 Å². The summed E-state index contributed by atoms with van der Waals surface area (Å²) in [5, 5.41) is 0. The maximum Gasteiger partial charge on any atom is -0.0276 e. The Hall–Kier alpha value is -1.30. The predicted molar refractivity (Wildman–Crippen MR) is 95.8 cm³/mol. The van der Waals surface area contributed by atoms with Crippen molar-refractivity contribution >= 4 is 0 Å². The highest BCUT2D eigenvalue weighted by Crippen LogP contribution is 2.16. The van der Waals surface area contributed by atoms with Crippen LogP contribution in [0.4, 0.5) is 0 Å². The first-order valence-corrected chi connectivity index (χ1v) is 8.62. The smallest absolute Gasteiger partial charge is 0.0276 e. The third kappa shape index (κ3) is 7.32. The van der Waals surface area contributed by atoms with Crippen molar-refractivity contribution in [2.45, 2.75) is 72.6 Å². The molecule has 116 valence electrons. The molecule has 0 radical (unpaired) electrons. The molecule has 0 spiro atoms. The molecule has 1 rings (SSSR count). The molecule has 1 aromatic carbocycles. The fraction of sp³-hybridized carbons (Fsp3) is 0.524. The Morgan fingerprint density at radius 3 is 1.95 bits per heavy atom. The SMILES string of the molecule is CCC/C(=C/C=C(\CC)CCCc1ccc(C)cc1)CC. The molecule has 0 unspecified atom stereocenters. The fourth-order valence-corrected chi connectivity index (χ4v) is 2.59. The van der Waals surface area contributed by atoms with E-state index in [1.54, 1.807) is 11.1 Å². The molecule has 0 amide bonds. The van der Waals surface area contributed by atoms with Gasteiger partial charge in [-0.05, 0) is 51.0 Å². The molecule has 0 nitrogen and oxygen atoms in total. The summed E-state index contributed by atoms with van der Waals surface area (Å²) < 4.78 is 0. The Morgan fingerprint density at radius 2 is 1.43 bits per heavy atom. The van der Waals surface area contributed by atoms with E-state index in [2.05, 4.69) is 64.1 Å². The Balaban J connectivity index is 2.48. The van der Waals surface area contributed by atoms with Crippen LogP contribution < -0.4 is 0 Å². The Labute approximate surface area is 132 Å². The van der Waals surface area contributed by atoms with Crippen LogP contribution in [0.25, 0.3) is 0 Å². The lowest BCUT2D eigenvalue weighted by Gasteiger charge is -2.06. The highest BCUT2D eigenvalue weighted by molar-refractivity contribution is 5.22. The first-order valence-electron chi connectivity index (χ1n) is 8.62. The van der Waals surface area contributed by atoms with Gasteiger partial charge in [0.15, 0.2) is 0 Å². The van der Waals surface area contributed by atoms with Gasteiger partial charge in [0.05, 0.1) is 0 Å². The Kier molecular flexibility index (Phi) is 8.82. The van der Waals surface area contributed by atoms with Gasteiger partial charge in [0, 0.05) is 0 Å². The van der Waals surface area contributed by atoms with Crippen LogP contribution in [0.5, 0.6) is 0 Å². The van der Waals surface area contributed by atoms with Crippen molar-refractivity contribution < 1.29 is 0 Å². The number of rotatable bonds is 9. The van der Waals surface area contributed by atoms with Gasteiger partial charge in [-0.15, -0.1) is 0 Å². The topological polar surface area (TPSA) is 0 Å². The molecule has 0 aromatic heterocycles. The lowest BCUT2D eigenvalue weighted by atomic mass is 10.0. The summed E-state index contributed by atoms with van der Waals surface area (Å²) in [6.07, 6.45) is 13.3. The average molecular weight is 284 g/mol. The molecule has 0 fully saturated rings. The molecule has 0 aliphatic carbocycles. The molecule has 0 aliphatic heterocycles. The zero-order valence-corrected chi connectivity index (χ0v) is 14.4. The molecular formula is C21H32. The van der Waals surface area contributed by atoms with Crippen molar-refractivity contribution in [2.75, 3.05) is 0 Å². The standard InChI is InChI=1S/C21H32/c1-5-9-19(6-2)16-17-20(7-3)10-8-11-21-14-12-18(4)13-15-21/h12-17H,5-11H2,1-4H3/b19-16+,20-17+. The van der Waals surface area contributed by atoms with E-state index in [1.165, 1.54) is 56.1 Å². The molecule has 0 saturated carbocycles. The van der Waals surface area contributed by atoms with E-state index in [0.29, 0.717) is 0 Å². The molecular weight excluding hydrogens is 252 g/mol. The summed E-state index contributed by atoms with van der Waals surface area (Å²) in [6, 6.07) is 8.96. The number of benzene rings is 1. The molecule has 0 N–H and O–H groups in total. The van der Waals surface area contributed by atoms with E-state index in [0.717, 1.165) is 0 Å². The predicted octanol–water partition coefficient (Wildman–Crippen LogP) is 6.79. The van der Waals surface area contributed by atoms with Crippen molar-refractivity contribution in [3.05, 3.63) is 58.7 Å². The van der Waals surface area contributed by atoms with Crippen molar-refractivity contribution in [3.8, 4) is 0 Å². The van der Waals surface area contributed by atoms with Crippen molar-refractivity contribution in [1.29, 1.82) is 0 Å². The maximum atomic E-state index is 2.38. The Morgan fingerprint density at radius 1 is 0.857 bits per heavy atom. The van der Waals surface area contributed by atoms with Crippen LogP contribution in [0, 0.1) is 6.92 Å². The van der Waals surface area contributed by atoms with E-state index in [9.17, 15) is 0 Å². The average Bonchev–Trinajstić information content (AvgIpc) is 2.51. The molecule has 0 aliphatic rings. The molecule has 0 atom stereocenters. The lowest BCUT2D eigenvalue weighted by molar-refractivity contribution is 0.786. The van der Waals surface area contributed by atoms with E-state index < -0.39 is 0 Å². The molecule has 0 saturated heterocycles. The first kappa shape index (κ1) is 17.8. The summed E-state index contributed by atoms with van der Waals surface area (Å²) in [5.74, 6) is 0. The second-order valence-corrected chi connectivity index (χ2v) is 5.95. The number of allylic oxidation sites excluding steroid dienone is 4. The van der Waals surface area contributed by atoms with Crippen LogP contribution in [-0.2, 0) is 6.42 Å². The third-order valence-corrected chi connectivity index (χ3v) is 4.12. The number of hydrogen-bond donors (Lipinski definition) is 0. The van der Waals surface area contributed by atoms with Crippen LogP contribution >= 0.6 is 0 Å². The van der Waals surface area contributed by atoms with Gasteiger partial charge in [0.1, 0.15) is 0 Å². The summed E-state index contributed by atoms with van der Waals surface area (Å²) in [6.45, 7) is 8.94. The van der Waals surface area contributed by atoms with Crippen LogP contribution in [0.15, 0.2) is 47.6 Å². The van der Waals surface area contributed by atoms with E-state index in [1.807, 2.05) is 0 Å². The van der Waals surface area contributed by atoms with E-state index >= 15 is 0 Å². The second kappa shape index (κ2) is 10.4. The quantitative estimate of drug-likeness (QED) is 0.438. The Bertz CT molecular complexity index is 445. The van der Waals surface area contributed by atoms with Gasteiger partial charge in [0.25, 0.3) is 0 Å². The van der Waals surface area contributed by atoms with E-state index in [4.69, 9.17) is 0 Å². The monoisotopic (exact) mass is 284 g/mol. The van der Waals surface area contributed by atoms with Crippen molar-refractivity contribution in [1.82, 2.24) is 0 Å². The van der Waals surface area contributed by atoms with Crippen LogP contribution in [-0.4, -0.2) is 0 Å². The number of hydrogen-bond acceptors (Lipinski definition) is 0. The fourth-order valence-electron chi connectivity index (χ4n) is 2.59. The molecule has 0 bridgehead atoms. The van der Waals surface area contributed by atoms with Crippen LogP contribution in [0.1, 0.15) is 70.4 Å². The lowest BCUT2D eigenvalue weighted by Crippen LogP contribution is -1.89. The van der Waals surface area contributed by atoms with Gasteiger partial charge in [0.2, 0.25) is 0 Å². The summed E-state index contributed by atoms with van der Waals surface area (Å²) in [5.41, 5.74) is 5.99. The zero-order chi connectivity index (χ0) is 15.5. The highest BCUT2D eigenvalue weighted by Gasteiger charge is 1.97. The third-order valence-electron chi connectivity index (χ3n) is 4.12. The second-order valence-electron chi connectivity index (χ2n) is 5.95. The number of aryl methyl sites for hydroxylation is 2. The zero-order valence-electron chi connectivity index (χ0n) is 14.4. The highest BCUT2D eigenvalue weighted by atomic mass is 14.0. The molecule has 0 heterocycles. The van der Waals surface area contributed by atoms with Gasteiger partial charge in [-0.1, -0.05) is 80.3 Å². The van der Waals surface area contributed by atoms with E-state index in [-0.39, 0.29) is 0 Å². The largest absolute Gasteiger partial charge is 0.0705 e. The van der Waals surface area contributed by atoms with Crippen LogP contribution in [0.3, 0.4) is 0 Å². The van der Waals surface area contributed by atoms with Crippen molar-refractivity contribution in [2.24, 2.45) is 0 Å². The molecule has 21 heavy (non-hydrogen) atoms. The summed E-state index contributed by atoms with van der Waals surface area (Å²) in [7, 11) is 0. The van der Waals surface area contributed by atoms with Crippen LogP contribution in [0.2, 0.25) is 0 Å². The maximum absolute atomic E-state index is 2.38. The van der Waals surface area contributed by atoms with Crippen molar-refractivity contribution in [3.63, 3.8) is 0 Å². The normalized spacial score (nSPS) is 12.8.